The first kappa shape index (κ1) is 13.7. The minimum Gasteiger partial charge on any atom is -0.404 e. The number of nitrogens with two attached hydrogens (primary N) is 2. The van der Waals surface area contributed by atoms with Crippen molar-refractivity contribution in [1.82, 2.24) is 0 Å². The van der Waals surface area contributed by atoms with Gasteiger partial charge in [0.05, 0.1) is 6.04 Å². The van der Waals surface area contributed by atoms with Gasteiger partial charge in [-0.3, -0.25) is 14.6 Å². The highest BCUT2D eigenvalue weighted by Gasteiger charge is 2.16. The van der Waals surface area contributed by atoms with Crippen LogP contribution in [0.4, 0.5) is 0 Å². The molecule has 7 nitrogen and oxygen atoms in total. The second kappa shape index (κ2) is 5.29. The summed E-state index contributed by atoms with van der Waals surface area (Å²) in [5.41, 5.74) is 11.2. The van der Waals surface area contributed by atoms with Gasteiger partial charge in [-0.2, -0.15) is 0 Å². The molecule has 0 aliphatic carbocycles. The molecule has 0 radical (unpaired) electrons. The first-order valence-electron chi connectivity index (χ1n) is 4.67. The van der Waals surface area contributed by atoms with Gasteiger partial charge in [0.1, 0.15) is 5.75 Å². The predicted molar refractivity (Wildman–Crippen MR) is 60.0 cm³/mol. The molecule has 17 heavy (non-hydrogen) atoms. The van der Waals surface area contributed by atoms with Crippen LogP contribution in [-0.2, 0) is 15.8 Å². The van der Waals surface area contributed by atoms with Crippen LogP contribution in [0, 0.1) is 0 Å². The molecule has 1 amide bonds. The minimum atomic E-state index is -4.54. The molecule has 0 aromatic heterocycles. The summed E-state index contributed by atoms with van der Waals surface area (Å²) >= 11 is 0. The lowest BCUT2D eigenvalue weighted by atomic mass is 10.1. The Hall–Kier alpha value is -1.40. The van der Waals surface area contributed by atoms with Crippen LogP contribution in [0.2, 0.25) is 0 Å². The maximum absolute atomic E-state index is 10.7. The summed E-state index contributed by atoms with van der Waals surface area (Å²) in [5, 5.41) is 0. The molecule has 0 aliphatic heterocycles. The van der Waals surface area contributed by atoms with Crippen LogP contribution in [0.25, 0.3) is 0 Å². The van der Waals surface area contributed by atoms with E-state index >= 15 is 0 Å². The fraction of sp³-hybridized carbons (Fsp3) is 0.222. The molecule has 6 N–H and O–H groups in total. The van der Waals surface area contributed by atoms with Crippen molar-refractivity contribution in [3.63, 3.8) is 0 Å². The average Bonchev–Trinajstić information content (AvgIpc) is 2.18. The smallest absolute Gasteiger partial charge is 0.404 e. The summed E-state index contributed by atoms with van der Waals surface area (Å²) in [4.78, 5) is 27.9. The second-order valence-electron chi connectivity index (χ2n) is 3.44. The zero-order chi connectivity index (χ0) is 13.1. The Morgan fingerprint density at radius 3 is 2.29 bits per heavy atom. The van der Waals surface area contributed by atoms with Crippen molar-refractivity contribution in [3.8, 4) is 5.75 Å². The molecular formula is C9H13N2O5P. The van der Waals surface area contributed by atoms with Crippen LogP contribution in [0.3, 0.4) is 0 Å². The van der Waals surface area contributed by atoms with E-state index in [9.17, 15) is 9.36 Å². The van der Waals surface area contributed by atoms with Crippen molar-refractivity contribution in [2.45, 2.75) is 12.5 Å². The number of hydrogen-bond acceptors (Lipinski definition) is 4. The molecule has 0 fully saturated rings. The van der Waals surface area contributed by atoms with Crippen molar-refractivity contribution in [3.05, 3.63) is 29.8 Å². The summed E-state index contributed by atoms with van der Waals surface area (Å²) in [7, 11) is -4.54. The Bertz CT molecular complexity index is 441. The van der Waals surface area contributed by atoms with E-state index in [4.69, 9.17) is 21.3 Å². The molecule has 0 bridgehead atoms. The lowest BCUT2D eigenvalue weighted by Crippen LogP contribution is -2.38. The molecule has 1 rings (SSSR count). The van der Waals surface area contributed by atoms with E-state index in [1.807, 2.05) is 0 Å². The lowest BCUT2D eigenvalue weighted by molar-refractivity contribution is -0.119. The van der Waals surface area contributed by atoms with Crippen LogP contribution < -0.4 is 16.0 Å². The number of carbonyl (C=O) groups is 1. The highest BCUT2D eigenvalue weighted by molar-refractivity contribution is 7.46. The van der Waals surface area contributed by atoms with E-state index in [0.717, 1.165) is 5.56 Å². The normalized spacial score (nSPS) is 13.1. The van der Waals surface area contributed by atoms with Gasteiger partial charge in [-0.25, -0.2) is 4.57 Å². The van der Waals surface area contributed by atoms with Crippen LogP contribution >= 0.6 is 7.82 Å². The van der Waals surface area contributed by atoms with E-state index in [2.05, 4.69) is 4.52 Å². The highest BCUT2D eigenvalue weighted by atomic mass is 31.2. The number of primary amides is 1. The molecule has 94 valence electrons. The third-order valence-corrected chi connectivity index (χ3v) is 2.42. The zero-order valence-electron chi connectivity index (χ0n) is 8.81. The number of benzene rings is 1. The Morgan fingerprint density at radius 1 is 1.35 bits per heavy atom. The molecule has 0 aliphatic rings. The number of hydrogen-bond donors (Lipinski definition) is 4. The summed E-state index contributed by atoms with van der Waals surface area (Å²) in [6.45, 7) is 0. The van der Waals surface area contributed by atoms with Crippen molar-refractivity contribution in [2.24, 2.45) is 11.5 Å². The summed E-state index contributed by atoms with van der Waals surface area (Å²) < 4.78 is 14.9. The molecule has 0 unspecified atom stereocenters. The second-order valence-corrected chi connectivity index (χ2v) is 4.60. The molecule has 1 aromatic carbocycles. The van der Waals surface area contributed by atoms with E-state index in [1.165, 1.54) is 12.1 Å². The average molecular weight is 260 g/mol. The third kappa shape index (κ3) is 4.97. The van der Waals surface area contributed by atoms with E-state index in [-0.39, 0.29) is 12.2 Å². The van der Waals surface area contributed by atoms with Crippen molar-refractivity contribution < 1.29 is 23.7 Å². The van der Waals surface area contributed by atoms with E-state index in [0.29, 0.717) is 0 Å². The predicted octanol–water partition coefficient (Wildman–Crippen LogP) is -0.487. The van der Waals surface area contributed by atoms with Crippen molar-refractivity contribution >= 4 is 13.7 Å². The molecule has 0 spiro atoms. The minimum absolute atomic E-state index is 0.0368. The van der Waals surface area contributed by atoms with Crippen LogP contribution in [-0.4, -0.2) is 21.7 Å². The number of carbonyl (C=O) groups excluding carboxylic acids is 1. The number of phosphoric acid groups is 1. The van der Waals surface area contributed by atoms with Gasteiger partial charge in [-0.1, -0.05) is 12.1 Å². The topological polar surface area (TPSA) is 136 Å². The van der Waals surface area contributed by atoms with Gasteiger partial charge in [-0.05, 0) is 24.1 Å². The Kier molecular flexibility index (Phi) is 4.25. The number of rotatable bonds is 5. The number of phosphoric ester groups is 1. The van der Waals surface area contributed by atoms with Gasteiger partial charge in [-0.15, -0.1) is 0 Å². The van der Waals surface area contributed by atoms with Crippen molar-refractivity contribution in [2.75, 3.05) is 0 Å². The van der Waals surface area contributed by atoms with Gasteiger partial charge in [0.25, 0.3) is 0 Å². The van der Waals surface area contributed by atoms with Gasteiger partial charge in [0, 0.05) is 0 Å². The summed E-state index contributed by atoms with van der Waals surface area (Å²) in [6.07, 6.45) is 0.255. The largest absolute Gasteiger partial charge is 0.524 e. The third-order valence-electron chi connectivity index (χ3n) is 1.97. The highest BCUT2D eigenvalue weighted by Crippen LogP contribution is 2.37. The maximum Gasteiger partial charge on any atom is 0.524 e. The van der Waals surface area contributed by atoms with Gasteiger partial charge in [0.15, 0.2) is 0 Å². The first-order valence-corrected chi connectivity index (χ1v) is 6.20. The van der Waals surface area contributed by atoms with Crippen molar-refractivity contribution in [1.29, 1.82) is 0 Å². The Morgan fingerprint density at radius 2 is 1.88 bits per heavy atom. The van der Waals surface area contributed by atoms with E-state index in [1.54, 1.807) is 12.1 Å². The number of amides is 1. The molecule has 0 heterocycles. The van der Waals surface area contributed by atoms with E-state index < -0.39 is 19.8 Å². The molecule has 0 saturated heterocycles. The zero-order valence-corrected chi connectivity index (χ0v) is 9.71. The van der Waals surface area contributed by atoms with Crippen LogP contribution in [0.5, 0.6) is 5.75 Å². The quantitative estimate of drug-likeness (QED) is 0.527. The monoisotopic (exact) mass is 260 g/mol. The fourth-order valence-corrected chi connectivity index (χ4v) is 1.57. The van der Waals surface area contributed by atoms with Crippen LogP contribution in [0.1, 0.15) is 5.56 Å². The standard InChI is InChI=1S/C9H13N2O5P/c10-8(9(11)12)5-6-1-3-7(4-2-6)16-17(13,14)15/h1-4,8H,5,10H2,(H2,11,12)(H2,13,14,15)/t8-/m0/s1. The Labute approximate surface area is 97.6 Å². The SMILES string of the molecule is NC(=O)[C@@H](N)Cc1ccc(OP(=O)(O)O)cc1. The van der Waals surface area contributed by atoms with Gasteiger partial charge >= 0.3 is 7.82 Å². The molecule has 8 heteroatoms. The van der Waals surface area contributed by atoms with Gasteiger partial charge in [0.2, 0.25) is 5.91 Å². The molecular weight excluding hydrogens is 247 g/mol. The van der Waals surface area contributed by atoms with Gasteiger partial charge < -0.3 is 16.0 Å². The lowest BCUT2D eigenvalue weighted by Gasteiger charge is -2.09. The summed E-state index contributed by atoms with van der Waals surface area (Å²) in [6, 6.07) is 5.06. The molecule has 1 atom stereocenters. The molecule has 1 aromatic rings. The maximum atomic E-state index is 10.7. The first-order chi connectivity index (χ1) is 7.78. The van der Waals surface area contributed by atoms with Crippen LogP contribution in [0.15, 0.2) is 24.3 Å². The molecule has 0 saturated carbocycles. The fourth-order valence-electron chi connectivity index (χ4n) is 1.18. The summed E-state index contributed by atoms with van der Waals surface area (Å²) in [5.74, 6) is -0.574. The Balaban J connectivity index is 2.68.